The van der Waals surface area contributed by atoms with Crippen molar-refractivity contribution in [1.82, 2.24) is 15.0 Å². The highest BCUT2D eigenvalue weighted by Gasteiger charge is 2.12. The van der Waals surface area contributed by atoms with E-state index in [4.69, 9.17) is 9.97 Å². The summed E-state index contributed by atoms with van der Waals surface area (Å²) in [5.41, 5.74) is 8.04. The van der Waals surface area contributed by atoms with Crippen LogP contribution in [-0.2, 0) is 0 Å². The Bertz CT molecular complexity index is 1680. The summed E-state index contributed by atoms with van der Waals surface area (Å²) in [5.74, 6) is 0.677. The normalized spacial score (nSPS) is 11.1. The molecule has 0 N–H and O–H groups in total. The maximum Gasteiger partial charge on any atom is 0.160 e. The van der Waals surface area contributed by atoms with Crippen LogP contribution in [0.15, 0.2) is 124 Å². The van der Waals surface area contributed by atoms with Crippen molar-refractivity contribution in [2.75, 3.05) is 0 Å². The molecule has 0 saturated carbocycles. The van der Waals surface area contributed by atoms with Gasteiger partial charge in [0.15, 0.2) is 5.82 Å². The monoisotopic (exact) mass is 591 g/mol. The third kappa shape index (κ3) is 4.72. The molecule has 0 saturated heterocycles. The standard InChI is InChI=1S/C31H19Br2N3/c32-26-16-25(17-27(33)18-26)30-19-29(22-10-8-21(9-11-22)20-5-2-1-3-6-20)35-31(36-30)24-12-13-28-23(15-24)7-4-14-34-28/h1-19H. The zero-order valence-electron chi connectivity index (χ0n) is 19.1. The Kier molecular flexibility index (Phi) is 6.18. The van der Waals surface area contributed by atoms with Crippen molar-refractivity contribution in [3.05, 3.63) is 124 Å². The number of rotatable bonds is 4. The van der Waals surface area contributed by atoms with E-state index in [1.807, 2.05) is 36.5 Å². The Morgan fingerprint density at radius 3 is 1.86 bits per heavy atom. The molecule has 4 aromatic carbocycles. The summed E-state index contributed by atoms with van der Waals surface area (Å²) in [6.07, 6.45) is 1.81. The molecule has 172 valence electrons. The molecule has 0 fully saturated rings. The summed E-state index contributed by atoms with van der Waals surface area (Å²) in [4.78, 5) is 14.4. The van der Waals surface area contributed by atoms with Crippen LogP contribution in [0.2, 0.25) is 0 Å². The van der Waals surface area contributed by atoms with Gasteiger partial charge in [0.1, 0.15) is 0 Å². The summed E-state index contributed by atoms with van der Waals surface area (Å²) >= 11 is 7.23. The first-order valence-corrected chi connectivity index (χ1v) is 13.1. The lowest BCUT2D eigenvalue weighted by Crippen LogP contribution is -1.96. The molecule has 0 atom stereocenters. The third-order valence-corrected chi connectivity index (χ3v) is 6.95. The van der Waals surface area contributed by atoms with Crippen LogP contribution in [0.25, 0.3) is 55.9 Å². The molecule has 6 aromatic rings. The number of nitrogens with zero attached hydrogens (tertiary/aromatic N) is 3. The van der Waals surface area contributed by atoms with Crippen LogP contribution in [0.4, 0.5) is 0 Å². The van der Waals surface area contributed by atoms with E-state index in [1.54, 1.807) is 0 Å². The van der Waals surface area contributed by atoms with Gasteiger partial charge in [-0.15, -0.1) is 0 Å². The number of pyridine rings is 1. The van der Waals surface area contributed by atoms with Crippen molar-refractivity contribution >= 4 is 42.8 Å². The molecule has 2 heterocycles. The fourth-order valence-corrected chi connectivity index (χ4v) is 5.55. The Morgan fingerprint density at radius 1 is 0.472 bits per heavy atom. The molecule has 36 heavy (non-hydrogen) atoms. The van der Waals surface area contributed by atoms with E-state index in [9.17, 15) is 0 Å². The number of benzene rings is 4. The maximum absolute atomic E-state index is 5.00. The van der Waals surface area contributed by atoms with Gasteiger partial charge in [0.2, 0.25) is 0 Å². The molecule has 0 aliphatic carbocycles. The van der Waals surface area contributed by atoms with Crippen molar-refractivity contribution < 1.29 is 0 Å². The van der Waals surface area contributed by atoms with Crippen molar-refractivity contribution in [2.24, 2.45) is 0 Å². The van der Waals surface area contributed by atoms with Crippen LogP contribution in [0.3, 0.4) is 0 Å². The summed E-state index contributed by atoms with van der Waals surface area (Å²) < 4.78 is 1.97. The predicted octanol–water partition coefficient (Wildman–Crippen LogP) is 9.22. The zero-order chi connectivity index (χ0) is 24.5. The lowest BCUT2D eigenvalue weighted by molar-refractivity contribution is 1.18. The molecule has 0 spiro atoms. The Morgan fingerprint density at radius 2 is 1.11 bits per heavy atom. The van der Waals surface area contributed by atoms with E-state index >= 15 is 0 Å². The molecule has 0 aliphatic rings. The first-order chi connectivity index (χ1) is 17.6. The van der Waals surface area contributed by atoms with Crippen molar-refractivity contribution in [1.29, 1.82) is 0 Å². The highest BCUT2D eigenvalue weighted by Crippen LogP contribution is 2.32. The van der Waals surface area contributed by atoms with Crippen molar-refractivity contribution in [2.45, 2.75) is 0 Å². The van der Waals surface area contributed by atoms with Crippen LogP contribution in [0.1, 0.15) is 0 Å². The lowest BCUT2D eigenvalue weighted by Gasteiger charge is -2.11. The second-order valence-corrected chi connectivity index (χ2v) is 10.3. The molecule has 2 aromatic heterocycles. The third-order valence-electron chi connectivity index (χ3n) is 6.03. The smallest absolute Gasteiger partial charge is 0.160 e. The van der Waals surface area contributed by atoms with Crippen molar-refractivity contribution in [3.63, 3.8) is 0 Å². The molecule has 0 aliphatic heterocycles. The van der Waals surface area contributed by atoms with Crippen LogP contribution in [-0.4, -0.2) is 15.0 Å². The number of halogens is 2. The van der Waals surface area contributed by atoms with Gasteiger partial charge >= 0.3 is 0 Å². The largest absolute Gasteiger partial charge is 0.256 e. The zero-order valence-corrected chi connectivity index (χ0v) is 22.2. The topological polar surface area (TPSA) is 38.7 Å². The first kappa shape index (κ1) is 22.8. The van der Waals surface area contributed by atoms with Gasteiger partial charge in [0.05, 0.1) is 16.9 Å². The van der Waals surface area contributed by atoms with Gasteiger partial charge in [0.25, 0.3) is 0 Å². The Hall–Kier alpha value is -3.67. The second kappa shape index (κ2) is 9.76. The van der Waals surface area contributed by atoms with Crippen LogP contribution in [0.5, 0.6) is 0 Å². The Balaban J connectivity index is 1.50. The van der Waals surface area contributed by atoms with E-state index in [-0.39, 0.29) is 0 Å². The molecule has 0 unspecified atom stereocenters. The fraction of sp³-hybridized carbons (Fsp3) is 0. The molecular weight excluding hydrogens is 574 g/mol. The van der Waals surface area contributed by atoms with Crippen molar-refractivity contribution in [3.8, 4) is 45.0 Å². The van der Waals surface area contributed by atoms with Gasteiger partial charge in [-0.05, 0) is 59.7 Å². The van der Waals surface area contributed by atoms with Crippen LogP contribution in [0, 0.1) is 0 Å². The number of hydrogen-bond donors (Lipinski definition) is 0. The molecule has 3 nitrogen and oxygen atoms in total. The van der Waals surface area contributed by atoms with E-state index < -0.39 is 0 Å². The van der Waals surface area contributed by atoms with Gasteiger partial charge in [-0.1, -0.05) is 92.5 Å². The predicted molar refractivity (Wildman–Crippen MR) is 154 cm³/mol. The number of aromatic nitrogens is 3. The van der Waals surface area contributed by atoms with Gasteiger partial charge in [-0.3, -0.25) is 4.98 Å². The first-order valence-electron chi connectivity index (χ1n) is 11.5. The summed E-state index contributed by atoms with van der Waals surface area (Å²) in [7, 11) is 0. The average molecular weight is 593 g/mol. The molecule has 0 bridgehead atoms. The number of hydrogen-bond acceptors (Lipinski definition) is 3. The molecule has 0 radical (unpaired) electrons. The second-order valence-electron chi connectivity index (χ2n) is 8.47. The summed E-state index contributed by atoms with van der Waals surface area (Å²) in [6, 6.07) is 37.3. The van der Waals surface area contributed by atoms with Crippen LogP contribution >= 0.6 is 31.9 Å². The van der Waals surface area contributed by atoms with Gasteiger partial charge < -0.3 is 0 Å². The highest BCUT2D eigenvalue weighted by molar-refractivity contribution is 9.11. The van der Waals surface area contributed by atoms with E-state index in [2.05, 4.69) is 116 Å². The minimum Gasteiger partial charge on any atom is -0.256 e. The summed E-state index contributed by atoms with van der Waals surface area (Å²) in [6.45, 7) is 0. The Labute approximate surface area is 226 Å². The quantitative estimate of drug-likeness (QED) is 0.205. The molecular formula is C31H19Br2N3. The number of fused-ring (bicyclic) bond motifs is 1. The van der Waals surface area contributed by atoms with Gasteiger partial charge in [0, 0.05) is 37.2 Å². The van der Waals surface area contributed by atoms with Crippen LogP contribution < -0.4 is 0 Å². The fourth-order valence-electron chi connectivity index (χ4n) is 4.25. The SMILES string of the molecule is Brc1cc(Br)cc(-c2cc(-c3ccc(-c4ccccc4)cc3)nc(-c3ccc4ncccc4c3)n2)c1. The minimum atomic E-state index is 0.677. The highest BCUT2D eigenvalue weighted by atomic mass is 79.9. The van der Waals surface area contributed by atoms with E-state index in [0.29, 0.717) is 5.82 Å². The lowest BCUT2D eigenvalue weighted by atomic mass is 10.0. The molecule has 5 heteroatoms. The minimum absolute atomic E-state index is 0.677. The van der Waals surface area contributed by atoms with Gasteiger partial charge in [-0.2, -0.15) is 0 Å². The summed E-state index contributed by atoms with van der Waals surface area (Å²) in [5, 5.41) is 1.06. The molecule has 6 rings (SSSR count). The van der Waals surface area contributed by atoms with Gasteiger partial charge in [-0.25, -0.2) is 9.97 Å². The van der Waals surface area contributed by atoms with E-state index in [1.165, 1.54) is 11.1 Å². The molecule has 0 amide bonds. The van der Waals surface area contributed by atoms with E-state index in [0.717, 1.165) is 47.9 Å². The maximum atomic E-state index is 5.00. The average Bonchev–Trinajstić information content (AvgIpc) is 2.92.